The van der Waals surface area contributed by atoms with Crippen molar-refractivity contribution in [3.05, 3.63) is 22.3 Å². The number of aryl methyl sites for hydroxylation is 1. The number of rotatable bonds is 3. The smallest absolute Gasteiger partial charge is 0.175 e. The van der Waals surface area contributed by atoms with Crippen LogP contribution in [0.15, 0.2) is 11.6 Å². The van der Waals surface area contributed by atoms with Crippen molar-refractivity contribution in [1.82, 2.24) is 4.98 Å². The zero-order valence-corrected chi connectivity index (χ0v) is 13.5. The molecular weight excluding hydrogens is 286 g/mol. The summed E-state index contributed by atoms with van der Waals surface area (Å²) in [4.78, 5) is 17.2. The Labute approximate surface area is 129 Å². The molecule has 1 aliphatic carbocycles. The van der Waals surface area contributed by atoms with Crippen molar-refractivity contribution in [1.29, 1.82) is 0 Å². The number of methoxy groups -OCH3 is 1. The number of Topliss-reactive ketones (excluding diaryl/α,β-unsaturated/α-hetero) is 1. The van der Waals surface area contributed by atoms with Crippen LogP contribution in [0.2, 0.25) is 0 Å². The largest absolute Gasteiger partial charge is 0.496 e. The van der Waals surface area contributed by atoms with Crippen molar-refractivity contribution < 1.29 is 14.3 Å². The fraction of sp³-hybridized carbons (Fsp3) is 0.625. The Hall–Kier alpha value is -1.20. The molecule has 0 aromatic carbocycles. The lowest BCUT2D eigenvalue weighted by Crippen LogP contribution is -2.45. The Morgan fingerprint density at radius 3 is 2.90 bits per heavy atom. The minimum Gasteiger partial charge on any atom is -0.496 e. The van der Waals surface area contributed by atoms with Crippen molar-refractivity contribution in [2.75, 3.05) is 7.11 Å². The van der Waals surface area contributed by atoms with Crippen molar-refractivity contribution in [2.45, 2.75) is 45.3 Å². The minimum atomic E-state index is -0.0504. The van der Waals surface area contributed by atoms with Crippen LogP contribution in [0.25, 0.3) is 5.57 Å². The third-order valence-corrected chi connectivity index (χ3v) is 5.63. The molecule has 0 spiro atoms. The predicted octanol–water partition coefficient (Wildman–Crippen LogP) is 3.21. The molecular formula is C16H21NO3S. The first-order valence-electron chi connectivity index (χ1n) is 7.49. The number of fused-ring (bicyclic) bond motifs is 1. The van der Waals surface area contributed by atoms with Gasteiger partial charge in [-0.05, 0) is 19.3 Å². The highest BCUT2D eigenvalue weighted by Crippen LogP contribution is 2.40. The van der Waals surface area contributed by atoms with Crippen molar-refractivity contribution in [3.63, 3.8) is 0 Å². The molecule has 0 N–H and O–H groups in total. The molecule has 0 saturated heterocycles. The summed E-state index contributed by atoms with van der Waals surface area (Å²) in [6, 6.07) is 0. The van der Waals surface area contributed by atoms with Gasteiger partial charge in [-0.25, -0.2) is 4.98 Å². The van der Waals surface area contributed by atoms with Gasteiger partial charge >= 0.3 is 0 Å². The molecule has 4 unspecified atom stereocenters. The molecule has 4 atom stereocenters. The molecule has 0 bridgehead atoms. The van der Waals surface area contributed by atoms with E-state index in [9.17, 15) is 4.79 Å². The van der Waals surface area contributed by atoms with E-state index in [-0.39, 0.29) is 23.9 Å². The highest BCUT2D eigenvalue weighted by Gasteiger charge is 2.44. The Morgan fingerprint density at radius 2 is 2.29 bits per heavy atom. The summed E-state index contributed by atoms with van der Waals surface area (Å²) >= 11 is 1.51. The summed E-state index contributed by atoms with van der Waals surface area (Å²) in [5, 5.41) is 2.74. The predicted molar refractivity (Wildman–Crippen MR) is 82.0 cm³/mol. The molecule has 1 aromatic heterocycles. The van der Waals surface area contributed by atoms with Crippen LogP contribution in [-0.2, 0) is 14.3 Å². The Morgan fingerprint density at radius 1 is 1.48 bits per heavy atom. The normalized spacial score (nSPS) is 32.3. The van der Waals surface area contributed by atoms with Crippen LogP contribution in [0.4, 0.5) is 0 Å². The first-order valence-corrected chi connectivity index (χ1v) is 8.37. The van der Waals surface area contributed by atoms with E-state index < -0.39 is 0 Å². The van der Waals surface area contributed by atoms with Crippen LogP contribution in [0.1, 0.15) is 36.9 Å². The highest BCUT2D eigenvalue weighted by atomic mass is 32.1. The van der Waals surface area contributed by atoms with Gasteiger partial charge in [0, 0.05) is 24.6 Å². The van der Waals surface area contributed by atoms with Gasteiger partial charge in [-0.2, -0.15) is 0 Å². The maximum atomic E-state index is 12.8. The van der Waals surface area contributed by atoms with Crippen LogP contribution in [0, 0.1) is 18.8 Å². The molecule has 2 aliphatic rings. The molecule has 1 fully saturated rings. The van der Waals surface area contributed by atoms with Crippen molar-refractivity contribution >= 4 is 22.7 Å². The molecule has 114 valence electrons. The number of ketones is 1. The first kappa shape index (κ1) is 14.7. The molecule has 1 saturated carbocycles. The number of ether oxygens (including phenoxy) is 2. The molecule has 21 heavy (non-hydrogen) atoms. The number of thiazole rings is 1. The number of hydrogen-bond donors (Lipinski definition) is 0. The highest BCUT2D eigenvalue weighted by molar-refractivity contribution is 7.11. The Balaban J connectivity index is 1.84. The number of hydrogen-bond acceptors (Lipinski definition) is 5. The summed E-state index contributed by atoms with van der Waals surface area (Å²) in [6.45, 7) is 4.10. The van der Waals surface area contributed by atoms with Gasteiger partial charge in [0.1, 0.15) is 11.1 Å². The van der Waals surface area contributed by atoms with Gasteiger partial charge in [0.15, 0.2) is 5.78 Å². The van der Waals surface area contributed by atoms with Gasteiger partial charge in [0.05, 0.1) is 23.9 Å². The molecule has 2 heterocycles. The van der Waals surface area contributed by atoms with Crippen LogP contribution in [0.5, 0.6) is 0 Å². The van der Waals surface area contributed by atoms with Gasteiger partial charge in [-0.3, -0.25) is 4.79 Å². The van der Waals surface area contributed by atoms with Crippen LogP contribution in [0.3, 0.4) is 0 Å². The zero-order chi connectivity index (χ0) is 15.0. The lowest BCUT2D eigenvalue weighted by atomic mass is 9.72. The number of allylic oxidation sites excluding steroid dienone is 1. The SMILES string of the molecule is CCC1CC2C(=O)C(c3nc(C)cs3)=COC2CC1OC. The van der Waals surface area contributed by atoms with Crippen molar-refractivity contribution in [2.24, 2.45) is 11.8 Å². The van der Waals surface area contributed by atoms with E-state index in [1.807, 2.05) is 12.3 Å². The number of carbonyl (C=O) groups excluding carboxylic acids is 1. The zero-order valence-electron chi connectivity index (χ0n) is 12.7. The maximum Gasteiger partial charge on any atom is 0.175 e. The third-order valence-electron chi connectivity index (χ3n) is 4.64. The molecule has 0 amide bonds. The van der Waals surface area contributed by atoms with E-state index in [4.69, 9.17) is 9.47 Å². The average Bonchev–Trinajstić information content (AvgIpc) is 2.92. The molecule has 0 radical (unpaired) electrons. The summed E-state index contributed by atoms with van der Waals surface area (Å²) in [5.41, 5.74) is 1.58. The molecule has 3 rings (SSSR count). The standard InChI is InChI=1S/C16H21NO3S/c1-4-10-5-11-14(6-13(10)19-3)20-7-12(15(11)18)16-17-9(2)8-21-16/h7-8,10-11,13-14H,4-6H2,1-3H3. The summed E-state index contributed by atoms with van der Waals surface area (Å²) in [5.74, 6) is 0.570. The van der Waals surface area contributed by atoms with E-state index in [1.54, 1.807) is 13.4 Å². The van der Waals surface area contributed by atoms with E-state index in [0.717, 1.165) is 30.0 Å². The summed E-state index contributed by atoms with van der Waals surface area (Å²) < 4.78 is 11.4. The van der Waals surface area contributed by atoms with Gasteiger partial charge in [-0.1, -0.05) is 13.3 Å². The Bertz CT molecular complexity index is 566. The van der Waals surface area contributed by atoms with Crippen LogP contribution in [-0.4, -0.2) is 30.1 Å². The maximum absolute atomic E-state index is 12.8. The molecule has 4 nitrogen and oxygen atoms in total. The summed E-state index contributed by atoms with van der Waals surface area (Å²) in [6.07, 6.45) is 4.44. The first-order chi connectivity index (χ1) is 10.1. The van der Waals surface area contributed by atoms with Crippen LogP contribution < -0.4 is 0 Å². The Kier molecular flexibility index (Phi) is 4.13. The van der Waals surface area contributed by atoms with E-state index in [0.29, 0.717) is 11.5 Å². The monoisotopic (exact) mass is 307 g/mol. The van der Waals surface area contributed by atoms with E-state index >= 15 is 0 Å². The lowest BCUT2D eigenvalue weighted by molar-refractivity contribution is -0.130. The van der Waals surface area contributed by atoms with E-state index in [2.05, 4.69) is 11.9 Å². The lowest BCUT2D eigenvalue weighted by Gasteiger charge is -2.41. The summed E-state index contributed by atoms with van der Waals surface area (Å²) in [7, 11) is 1.75. The molecule has 1 aromatic rings. The fourth-order valence-corrected chi connectivity index (χ4v) is 4.21. The second kappa shape index (κ2) is 5.89. The second-order valence-corrected chi connectivity index (χ2v) is 6.74. The molecule has 5 heteroatoms. The van der Waals surface area contributed by atoms with Crippen molar-refractivity contribution in [3.8, 4) is 0 Å². The second-order valence-electron chi connectivity index (χ2n) is 5.88. The number of nitrogens with zero attached hydrogens (tertiary/aromatic N) is 1. The topological polar surface area (TPSA) is 48.4 Å². The average molecular weight is 307 g/mol. The molecule has 1 aliphatic heterocycles. The quantitative estimate of drug-likeness (QED) is 0.860. The number of aromatic nitrogens is 1. The third kappa shape index (κ3) is 2.64. The van der Waals surface area contributed by atoms with Gasteiger partial charge in [0.2, 0.25) is 0 Å². The van der Waals surface area contributed by atoms with Gasteiger partial charge in [-0.15, -0.1) is 11.3 Å². The number of carbonyl (C=O) groups is 1. The van der Waals surface area contributed by atoms with Gasteiger partial charge in [0.25, 0.3) is 0 Å². The minimum absolute atomic E-state index is 0.0462. The fourth-order valence-electron chi connectivity index (χ4n) is 3.41. The van der Waals surface area contributed by atoms with Gasteiger partial charge < -0.3 is 9.47 Å². The van der Waals surface area contributed by atoms with Crippen LogP contribution >= 0.6 is 11.3 Å². The van der Waals surface area contributed by atoms with E-state index in [1.165, 1.54) is 11.3 Å².